The van der Waals surface area contributed by atoms with Gasteiger partial charge in [-0.25, -0.2) is 4.98 Å². The Morgan fingerprint density at radius 1 is 1.42 bits per heavy atom. The Hall–Kier alpha value is -1.55. The fourth-order valence-corrected chi connectivity index (χ4v) is 2.53. The molecule has 1 saturated carbocycles. The molecule has 0 unspecified atom stereocenters. The van der Waals surface area contributed by atoms with Gasteiger partial charge in [-0.15, -0.1) is 11.6 Å². The highest BCUT2D eigenvalue weighted by atomic mass is 35.5. The molecule has 1 heterocycles. The Morgan fingerprint density at radius 2 is 2.26 bits per heavy atom. The number of fused-ring (bicyclic) bond motifs is 1. The molecule has 0 amide bonds. The zero-order valence-electron chi connectivity index (χ0n) is 10.6. The van der Waals surface area contributed by atoms with Crippen molar-refractivity contribution in [2.75, 3.05) is 11.2 Å². The van der Waals surface area contributed by atoms with E-state index in [1.165, 1.54) is 19.3 Å². The van der Waals surface area contributed by atoms with Crippen LogP contribution < -0.4 is 10.9 Å². The first kappa shape index (κ1) is 12.5. The lowest BCUT2D eigenvalue weighted by atomic mass is 9.93. The van der Waals surface area contributed by atoms with Crippen LogP contribution in [-0.4, -0.2) is 21.5 Å². The van der Waals surface area contributed by atoms with Gasteiger partial charge in [-0.05, 0) is 31.4 Å². The van der Waals surface area contributed by atoms with Gasteiger partial charge in [0.2, 0.25) is 0 Å². The third-order valence-corrected chi connectivity index (χ3v) is 3.81. The lowest BCUT2D eigenvalue weighted by molar-refractivity contribution is 0.446. The summed E-state index contributed by atoms with van der Waals surface area (Å²) in [5.74, 6) is 0.408. The summed E-state index contributed by atoms with van der Waals surface area (Å²) in [4.78, 5) is 16.8. The van der Waals surface area contributed by atoms with E-state index in [0.717, 1.165) is 11.2 Å². The van der Waals surface area contributed by atoms with Crippen LogP contribution in [0.3, 0.4) is 0 Å². The van der Waals surface area contributed by atoms with Crippen LogP contribution in [0.4, 0.5) is 5.69 Å². The highest BCUT2D eigenvalue weighted by Crippen LogP contribution is 2.26. The zero-order valence-corrected chi connectivity index (χ0v) is 11.4. The second kappa shape index (κ2) is 5.21. The second-order valence-corrected chi connectivity index (χ2v) is 5.28. The van der Waals surface area contributed by atoms with Crippen LogP contribution in [-0.2, 0) is 6.54 Å². The SMILES string of the molecule is O=c1c2c(NC3CCC3)cccc2ncn1CCCl. The fraction of sp³-hybridized carbons (Fsp3) is 0.429. The lowest BCUT2D eigenvalue weighted by Gasteiger charge is -2.27. The van der Waals surface area contributed by atoms with Crippen molar-refractivity contribution in [3.63, 3.8) is 0 Å². The topological polar surface area (TPSA) is 46.9 Å². The molecule has 3 rings (SSSR count). The van der Waals surface area contributed by atoms with Crippen molar-refractivity contribution in [1.29, 1.82) is 0 Å². The number of halogens is 1. The predicted molar refractivity (Wildman–Crippen MR) is 78.0 cm³/mol. The van der Waals surface area contributed by atoms with E-state index in [4.69, 9.17) is 11.6 Å². The van der Waals surface area contributed by atoms with Crippen molar-refractivity contribution in [1.82, 2.24) is 9.55 Å². The summed E-state index contributed by atoms with van der Waals surface area (Å²) in [6, 6.07) is 6.25. The second-order valence-electron chi connectivity index (χ2n) is 4.90. The molecule has 4 nitrogen and oxygen atoms in total. The molecular weight excluding hydrogens is 262 g/mol. The molecule has 1 aliphatic carbocycles. The number of nitrogens with zero attached hydrogens (tertiary/aromatic N) is 2. The molecule has 0 atom stereocenters. The van der Waals surface area contributed by atoms with E-state index in [1.54, 1.807) is 10.9 Å². The van der Waals surface area contributed by atoms with E-state index in [0.29, 0.717) is 23.9 Å². The van der Waals surface area contributed by atoms with Gasteiger partial charge in [0.1, 0.15) is 0 Å². The first-order valence-corrected chi connectivity index (χ1v) is 7.13. The highest BCUT2D eigenvalue weighted by molar-refractivity contribution is 6.17. The molecule has 0 saturated heterocycles. The molecule has 2 aromatic rings. The number of hydrogen-bond acceptors (Lipinski definition) is 3. The number of hydrogen-bond donors (Lipinski definition) is 1. The van der Waals surface area contributed by atoms with E-state index >= 15 is 0 Å². The van der Waals surface area contributed by atoms with Gasteiger partial charge in [0, 0.05) is 24.2 Å². The van der Waals surface area contributed by atoms with Crippen molar-refractivity contribution in [3.05, 3.63) is 34.9 Å². The number of aryl methyl sites for hydroxylation is 1. The van der Waals surface area contributed by atoms with E-state index in [2.05, 4.69) is 10.3 Å². The molecule has 0 bridgehead atoms. The van der Waals surface area contributed by atoms with Crippen LogP contribution in [0.25, 0.3) is 10.9 Å². The molecule has 1 aliphatic rings. The molecule has 0 spiro atoms. The number of alkyl halides is 1. The van der Waals surface area contributed by atoms with Gasteiger partial charge in [0.25, 0.3) is 5.56 Å². The van der Waals surface area contributed by atoms with Gasteiger partial charge in [0.15, 0.2) is 0 Å². The summed E-state index contributed by atoms with van der Waals surface area (Å²) >= 11 is 5.71. The van der Waals surface area contributed by atoms with E-state index in [1.807, 2.05) is 18.2 Å². The molecule has 5 heteroatoms. The molecule has 100 valence electrons. The Kier molecular flexibility index (Phi) is 3.42. The van der Waals surface area contributed by atoms with Gasteiger partial charge in [-0.1, -0.05) is 6.07 Å². The molecule has 1 aromatic carbocycles. The molecule has 1 fully saturated rings. The minimum absolute atomic E-state index is 0.0203. The van der Waals surface area contributed by atoms with Crippen molar-refractivity contribution in [2.45, 2.75) is 31.8 Å². The standard InChI is InChI=1S/C14H16ClN3O/c15-7-8-18-9-16-11-5-2-6-12(13(11)14(18)19)17-10-3-1-4-10/h2,5-6,9-10,17H,1,3-4,7-8H2. The van der Waals surface area contributed by atoms with Crippen LogP contribution in [0.2, 0.25) is 0 Å². The minimum Gasteiger partial charge on any atom is -0.382 e. The maximum Gasteiger partial charge on any atom is 0.263 e. The number of rotatable bonds is 4. The molecule has 19 heavy (non-hydrogen) atoms. The molecule has 1 N–H and O–H groups in total. The Labute approximate surface area is 116 Å². The van der Waals surface area contributed by atoms with Gasteiger partial charge >= 0.3 is 0 Å². The van der Waals surface area contributed by atoms with Crippen molar-refractivity contribution >= 4 is 28.2 Å². The maximum absolute atomic E-state index is 12.5. The normalized spacial score (nSPS) is 15.4. The van der Waals surface area contributed by atoms with E-state index in [-0.39, 0.29) is 5.56 Å². The molecular formula is C14H16ClN3O. The van der Waals surface area contributed by atoms with Crippen LogP contribution in [0, 0.1) is 0 Å². The third-order valence-electron chi connectivity index (χ3n) is 3.64. The number of benzene rings is 1. The summed E-state index contributed by atoms with van der Waals surface area (Å²) in [5.41, 5.74) is 1.61. The Bertz CT molecular complexity index is 649. The van der Waals surface area contributed by atoms with E-state index < -0.39 is 0 Å². The molecule has 0 radical (unpaired) electrons. The summed E-state index contributed by atoms with van der Waals surface area (Å²) in [5, 5.41) is 4.11. The monoisotopic (exact) mass is 277 g/mol. The van der Waals surface area contributed by atoms with Crippen LogP contribution >= 0.6 is 11.6 Å². The zero-order chi connectivity index (χ0) is 13.2. The summed E-state index contributed by atoms with van der Waals surface area (Å²) < 4.78 is 1.57. The highest BCUT2D eigenvalue weighted by Gasteiger charge is 2.18. The fourth-order valence-electron chi connectivity index (χ4n) is 2.34. The Balaban J connectivity index is 2.09. The van der Waals surface area contributed by atoms with Gasteiger partial charge in [0.05, 0.1) is 17.2 Å². The van der Waals surface area contributed by atoms with Crippen molar-refractivity contribution in [2.24, 2.45) is 0 Å². The number of anilines is 1. The summed E-state index contributed by atoms with van der Waals surface area (Å²) in [6.45, 7) is 0.487. The average molecular weight is 278 g/mol. The van der Waals surface area contributed by atoms with Crippen LogP contribution in [0.15, 0.2) is 29.3 Å². The molecule has 0 aliphatic heterocycles. The first-order valence-electron chi connectivity index (χ1n) is 6.60. The van der Waals surface area contributed by atoms with Gasteiger partial charge < -0.3 is 5.32 Å². The van der Waals surface area contributed by atoms with Crippen molar-refractivity contribution < 1.29 is 0 Å². The van der Waals surface area contributed by atoms with Gasteiger partial charge in [-0.3, -0.25) is 9.36 Å². The average Bonchev–Trinajstić information content (AvgIpc) is 2.37. The van der Waals surface area contributed by atoms with Crippen LogP contribution in [0.5, 0.6) is 0 Å². The third kappa shape index (κ3) is 2.32. The quantitative estimate of drug-likeness (QED) is 0.874. The molecule has 1 aromatic heterocycles. The summed E-state index contributed by atoms with van der Waals surface area (Å²) in [7, 11) is 0. The van der Waals surface area contributed by atoms with E-state index in [9.17, 15) is 4.79 Å². The number of aromatic nitrogens is 2. The van der Waals surface area contributed by atoms with Crippen molar-refractivity contribution in [3.8, 4) is 0 Å². The first-order chi connectivity index (χ1) is 9.29. The Morgan fingerprint density at radius 3 is 2.95 bits per heavy atom. The smallest absolute Gasteiger partial charge is 0.263 e. The maximum atomic E-state index is 12.5. The van der Waals surface area contributed by atoms with Gasteiger partial charge in [-0.2, -0.15) is 0 Å². The van der Waals surface area contributed by atoms with Crippen LogP contribution in [0.1, 0.15) is 19.3 Å². The predicted octanol–water partition coefficient (Wildman–Crippen LogP) is 2.60. The largest absolute Gasteiger partial charge is 0.382 e. The summed E-state index contributed by atoms with van der Waals surface area (Å²) in [6.07, 6.45) is 5.18. The number of nitrogens with one attached hydrogen (secondary N) is 1. The lowest BCUT2D eigenvalue weighted by Crippen LogP contribution is -2.28. The minimum atomic E-state index is -0.0203.